The fourth-order valence-electron chi connectivity index (χ4n) is 2.11. The normalized spacial score (nSPS) is 9.82. The highest BCUT2D eigenvalue weighted by Gasteiger charge is 2.11. The van der Waals surface area contributed by atoms with E-state index in [0.717, 1.165) is 5.56 Å². The number of aryl methyl sites for hydroxylation is 1. The Kier molecular flexibility index (Phi) is 7.12. The Morgan fingerprint density at radius 1 is 1.00 bits per heavy atom. The van der Waals surface area contributed by atoms with Gasteiger partial charge < -0.3 is 15.6 Å². The molecule has 3 aromatic rings. The lowest BCUT2D eigenvalue weighted by Gasteiger charge is -2.09. The molecule has 0 heterocycles. The molecule has 3 rings (SSSR count). The van der Waals surface area contributed by atoms with Crippen LogP contribution in [0.5, 0.6) is 11.5 Å². The summed E-state index contributed by atoms with van der Waals surface area (Å²) in [5.74, 6) is -1.21. The zero-order chi connectivity index (χ0) is 20.7. The Morgan fingerprint density at radius 2 is 1.61 bits per heavy atom. The second-order valence-corrected chi connectivity index (χ2v) is 6.17. The van der Waals surface area contributed by atoms with Gasteiger partial charge in [0.25, 0.3) is 5.91 Å². The minimum Gasteiger partial charge on any atom is -0.478 e. The van der Waals surface area contributed by atoms with Gasteiger partial charge in [0.05, 0.1) is 11.1 Å². The van der Waals surface area contributed by atoms with Crippen LogP contribution in [0.25, 0.3) is 0 Å². The molecule has 28 heavy (non-hydrogen) atoms. The van der Waals surface area contributed by atoms with Crippen molar-refractivity contribution >= 4 is 23.5 Å². The molecular weight excluding hydrogens is 385 g/mol. The largest absolute Gasteiger partial charge is 0.478 e. The van der Waals surface area contributed by atoms with Gasteiger partial charge in [0.2, 0.25) is 0 Å². The minimum atomic E-state index is -0.875. The first-order valence-corrected chi connectivity index (χ1v) is 8.47. The topological polar surface area (TPSA) is 89.6 Å². The van der Waals surface area contributed by atoms with E-state index in [-0.39, 0.29) is 17.1 Å². The van der Waals surface area contributed by atoms with E-state index in [1.807, 2.05) is 6.92 Å². The van der Waals surface area contributed by atoms with Crippen molar-refractivity contribution in [2.45, 2.75) is 6.92 Å². The maximum absolute atomic E-state index is 12.7. The third-order valence-corrected chi connectivity index (χ3v) is 3.78. The Bertz CT molecular complexity index is 973. The van der Waals surface area contributed by atoms with Gasteiger partial charge >= 0.3 is 5.97 Å². The molecule has 0 aromatic heterocycles. The van der Waals surface area contributed by atoms with Crippen LogP contribution in [0.4, 0.5) is 4.39 Å². The van der Waals surface area contributed by atoms with E-state index in [2.05, 4.69) is 0 Å². The molecule has 1 amide bonds. The number of carbonyl (C=O) groups is 2. The number of carboxylic acid groups (broad SMARTS) is 1. The average Bonchev–Trinajstić information content (AvgIpc) is 2.65. The van der Waals surface area contributed by atoms with Crippen LogP contribution in [0.2, 0.25) is 5.02 Å². The molecule has 7 heteroatoms. The lowest BCUT2D eigenvalue weighted by Crippen LogP contribution is -2.12. The zero-order valence-corrected chi connectivity index (χ0v) is 15.6. The smallest absolute Gasteiger partial charge is 0.335 e. The molecule has 0 saturated carbocycles. The zero-order valence-electron chi connectivity index (χ0n) is 14.9. The summed E-state index contributed by atoms with van der Waals surface area (Å²) >= 11 is 5.77. The Labute approximate surface area is 166 Å². The molecule has 0 saturated heterocycles. The second-order valence-electron chi connectivity index (χ2n) is 5.73. The highest BCUT2D eigenvalue weighted by Crippen LogP contribution is 2.27. The maximum Gasteiger partial charge on any atom is 0.335 e. The molecule has 0 unspecified atom stereocenters. The molecule has 0 spiro atoms. The predicted molar refractivity (Wildman–Crippen MR) is 105 cm³/mol. The summed E-state index contributed by atoms with van der Waals surface area (Å²) in [6.45, 7) is 1.92. The molecule has 0 aliphatic heterocycles. The van der Waals surface area contributed by atoms with Gasteiger partial charge in [-0.25, -0.2) is 9.18 Å². The van der Waals surface area contributed by atoms with E-state index in [1.165, 1.54) is 36.4 Å². The minimum absolute atomic E-state index is 0.173. The summed E-state index contributed by atoms with van der Waals surface area (Å²) < 4.78 is 18.2. The number of nitrogens with two attached hydrogens (primary N) is 1. The molecule has 0 atom stereocenters. The number of primary amides is 1. The highest BCUT2D eigenvalue weighted by atomic mass is 35.5. The van der Waals surface area contributed by atoms with Crippen molar-refractivity contribution in [1.29, 1.82) is 0 Å². The number of ether oxygens (including phenoxy) is 1. The molecule has 0 fully saturated rings. The first-order chi connectivity index (χ1) is 13.3. The van der Waals surface area contributed by atoms with E-state index >= 15 is 0 Å². The number of carbonyl (C=O) groups excluding carboxylic acids is 1. The molecule has 0 radical (unpaired) electrons. The fourth-order valence-corrected chi connectivity index (χ4v) is 2.28. The van der Waals surface area contributed by atoms with Gasteiger partial charge in [-0.1, -0.05) is 29.3 Å². The summed E-state index contributed by atoms with van der Waals surface area (Å²) in [6.07, 6.45) is 0. The van der Waals surface area contributed by atoms with Crippen LogP contribution in [0, 0.1) is 12.7 Å². The molecule has 0 aliphatic rings. The molecular formula is C21H17ClFNO4. The summed E-state index contributed by atoms with van der Waals surface area (Å²) in [7, 11) is 0. The molecule has 5 nitrogen and oxygen atoms in total. The third-order valence-electron chi connectivity index (χ3n) is 3.55. The third kappa shape index (κ3) is 6.10. The quantitative estimate of drug-likeness (QED) is 0.639. The van der Waals surface area contributed by atoms with Crippen LogP contribution in [0.1, 0.15) is 26.3 Å². The summed E-state index contributed by atoms with van der Waals surface area (Å²) in [4.78, 5) is 21.6. The van der Waals surface area contributed by atoms with Crippen LogP contribution in [0.15, 0.2) is 66.7 Å². The number of halogens is 2. The van der Waals surface area contributed by atoms with Crippen LogP contribution in [-0.4, -0.2) is 17.0 Å². The monoisotopic (exact) mass is 401 g/mol. The van der Waals surface area contributed by atoms with Crippen molar-refractivity contribution in [2.24, 2.45) is 5.73 Å². The van der Waals surface area contributed by atoms with Crippen molar-refractivity contribution in [2.75, 3.05) is 0 Å². The Morgan fingerprint density at radius 3 is 2.14 bits per heavy atom. The summed E-state index contributed by atoms with van der Waals surface area (Å²) in [5.41, 5.74) is 6.81. The molecule has 3 N–H and O–H groups in total. The molecule has 144 valence electrons. The van der Waals surface area contributed by atoms with Crippen LogP contribution in [-0.2, 0) is 0 Å². The molecule has 0 bridgehead atoms. The standard InChI is InChI=1S/C13H9ClFNO2.C8H8O2/c14-8-1-6-12(11(7-8)13(16)17)18-10-4-2-9(15)3-5-10;1-6-2-4-7(5-3-6)8(9)10/h1-7H,(H2,16,17);2-5H,1H3,(H,9,10). The first-order valence-electron chi connectivity index (χ1n) is 8.09. The van der Waals surface area contributed by atoms with Gasteiger partial charge in [-0.05, 0) is 61.5 Å². The Hall–Kier alpha value is -3.38. The van der Waals surface area contributed by atoms with E-state index in [9.17, 15) is 14.0 Å². The van der Waals surface area contributed by atoms with Crippen molar-refractivity contribution in [1.82, 2.24) is 0 Å². The first kappa shape index (κ1) is 20.9. The SMILES string of the molecule is Cc1ccc(C(=O)O)cc1.NC(=O)c1cc(Cl)ccc1Oc1ccc(F)cc1. The summed E-state index contributed by atoms with van der Waals surface area (Å²) in [5, 5.41) is 8.86. The van der Waals surface area contributed by atoms with E-state index < -0.39 is 11.9 Å². The second kappa shape index (κ2) is 9.53. The lowest BCUT2D eigenvalue weighted by atomic mass is 10.2. The van der Waals surface area contributed by atoms with Crippen molar-refractivity contribution in [3.05, 3.63) is 94.3 Å². The van der Waals surface area contributed by atoms with E-state index in [0.29, 0.717) is 16.3 Å². The van der Waals surface area contributed by atoms with Crippen molar-refractivity contribution in [3.63, 3.8) is 0 Å². The number of rotatable bonds is 4. The lowest BCUT2D eigenvalue weighted by molar-refractivity contribution is 0.0696. The number of aromatic carboxylic acids is 1. The number of hydrogen-bond donors (Lipinski definition) is 2. The maximum atomic E-state index is 12.7. The van der Waals surface area contributed by atoms with Crippen LogP contribution in [0.3, 0.4) is 0 Å². The molecule has 0 aliphatic carbocycles. The van der Waals surface area contributed by atoms with Gasteiger partial charge in [-0.15, -0.1) is 0 Å². The Balaban J connectivity index is 0.000000237. The van der Waals surface area contributed by atoms with Crippen molar-refractivity contribution < 1.29 is 23.8 Å². The highest BCUT2D eigenvalue weighted by molar-refractivity contribution is 6.31. The number of carboxylic acids is 1. The van der Waals surface area contributed by atoms with Crippen LogP contribution >= 0.6 is 11.6 Å². The van der Waals surface area contributed by atoms with E-state index in [1.54, 1.807) is 30.3 Å². The average molecular weight is 402 g/mol. The molecule has 3 aromatic carbocycles. The predicted octanol–water partition coefficient (Wildman–Crippen LogP) is 5.06. The van der Waals surface area contributed by atoms with E-state index in [4.69, 9.17) is 27.2 Å². The van der Waals surface area contributed by atoms with Gasteiger partial charge in [0.15, 0.2) is 0 Å². The number of amides is 1. The summed E-state index contributed by atoms with van der Waals surface area (Å²) in [6, 6.07) is 16.7. The van der Waals surface area contributed by atoms with Crippen molar-refractivity contribution in [3.8, 4) is 11.5 Å². The van der Waals surface area contributed by atoms with Gasteiger partial charge in [-0.2, -0.15) is 0 Å². The fraction of sp³-hybridized carbons (Fsp3) is 0.0476. The number of benzene rings is 3. The van der Waals surface area contributed by atoms with Gasteiger partial charge in [-0.3, -0.25) is 4.79 Å². The van der Waals surface area contributed by atoms with Gasteiger partial charge in [0.1, 0.15) is 17.3 Å². The van der Waals surface area contributed by atoms with Crippen LogP contribution < -0.4 is 10.5 Å². The van der Waals surface area contributed by atoms with Gasteiger partial charge in [0, 0.05) is 5.02 Å². The number of hydrogen-bond acceptors (Lipinski definition) is 3.